The molecule has 0 amide bonds. The van der Waals surface area contributed by atoms with E-state index in [4.69, 9.17) is 0 Å². The molecule has 0 radical (unpaired) electrons. The first kappa shape index (κ1) is 11.5. The molecule has 2 rings (SSSR count). The Morgan fingerprint density at radius 2 is 2.44 bits per heavy atom. The van der Waals surface area contributed by atoms with Crippen molar-refractivity contribution in [2.75, 3.05) is 19.6 Å². The van der Waals surface area contributed by atoms with Crippen molar-refractivity contribution in [3.63, 3.8) is 0 Å². The van der Waals surface area contributed by atoms with Gasteiger partial charge < -0.3 is 5.32 Å². The highest BCUT2D eigenvalue weighted by molar-refractivity contribution is 4.89. The lowest BCUT2D eigenvalue weighted by molar-refractivity contribution is 0.231. The number of rotatable bonds is 5. The van der Waals surface area contributed by atoms with E-state index in [1.54, 1.807) is 6.33 Å². The minimum atomic E-state index is 0.664. The summed E-state index contributed by atoms with van der Waals surface area (Å²) in [5, 5.41) is 7.54. The SMILES string of the molecule is CCNCC1CCCN1Cc1ncnn1C. The van der Waals surface area contributed by atoms with Gasteiger partial charge in [-0.3, -0.25) is 9.58 Å². The van der Waals surface area contributed by atoms with Crippen LogP contribution in [0.2, 0.25) is 0 Å². The number of nitrogens with one attached hydrogen (secondary N) is 1. The van der Waals surface area contributed by atoms with Crippen molar-refractivity contribution in [3.05, 3.63) is 12.2 Å². The third-order valence-electron chi connectivity index (χ3n) is 3.28. The van der Waals surface area contributed by atoms with Crippen LogP contribution in [0.25, 0.3) is 0 Å². The molecule has 0 aromatic carbocycles. The summed E-state index contributed by atoms with van der Waals surface area (Å²) >= 11 is 0. The molecule has 1 aliphatic rings. The van der Waals surface area contributed by atoms with E-state index in [-0.39, 0.29) is 0 Å². The summed E-state index contributed by atoms with van der Waals surface area (Å²) in [5.74, 6) is 1.06. The second-order valence-electron chi connectivity index (χ2n) is 4.37. The van der Waals surface area contributed by atoms with Crippen LogP contribution < -0.4 is 5.32 Å². The fourth-order valence-electron chi connectivity index (χ4n) is 2.29. The highest BCUT2D eigenvalue weighted by Crippen LogP contribution is 2.18. The lowest BCUT2D eigenvalue weighted by Crippen LogP contribution is -2.38. The summed E-state index contributed by atoms with van der Waals surface area (Å²) in [7, 11) is 1.96. The van der Waals surface area contributed by atoms with Crippen molar-refractivity contribution in [1.82, 2.24) is 25.0 Å². The first-order chi connectivity index (χ1) is 7.81. The van der Waals surface area contributed by atoms with Crippen molar-refractivity contribution in [1.29, 1.82) is 0 Å². The number of aryl methyl sites for hydroxylation is 1. The topological polar surface area (TPSA) is 46.0 Å². The fourth-order valence-corrected chi connectivity index (χ4v) is 2.29. The van der Waals surface area contributed by atoms with Gasteiger partial charge in [-0.05, 0) is 25.9 Å². The summed E-state index contributed by atoms with van der Waals surface area (Å²) in [4.78, 5) is 6.79. The zero-order valence-electron chi connectivity index (χ0n) is 10.2. The lowest BCUT2D eigenvalue weighted by atomic mass is 10.2. The number of likely N-dealkylation sites (tertiary alicyclic amines) is 1. The van der Waals surface area contributed by atoms with E-state index in [1.165, 1.54) is 19.4 Å². The van der Waals surface area contributed by atoms with Crippen molar-refractivity contribution in [2.24, 2.45) is 7.05 Å². The van der Waals surface area contributed by atoms with Crippen LogP contribution in [-0.4, -0.2) is 45.3 Å². The summed E-state index contributed by atoms with van der Waals surface area (Å²) in [6.45, 7) is 6.40. The molecule has 0 aliphatic carbocycles. The van der Waals surface area contributed by atoms with Crippen LogP contribution in [0, 0.1) is 0 Å². The molecule has 1 aliphatic heterocycles. The van der Waals surface area contributed by atoms with Gasteiger partial charge in [-0.25, -0.2) is 4.98 Å². The average molecular weight is 223 g/mol. The standard InChI is InChI=1S/C11H21N5/c1-3-12-7-10-5-4-6-16(10)8-11-13-9-14-15(11)2/h9-10,12H,3-8H2,1-2H3. The van der Waals surface area contributed by atoms with Crippen LogP contribution in [0.3, 0.4) is 0 Å². The van der Waals surface area contributed by atoms with E-state index >= 15 is 0 Å². The lowest BCUT2D eigenvalue weighted by Gasteiger charge is -2.23. The van der Waals surface area contributed by atoms with E-state index in [1.807, 2.05) is 11.7 Å². The van der Waals surface area contributed by atoms with E-state index < -0.39 is 0 Å². The Morgan fingerprint density at radius 3 is 3.12 bits per heavy atom. The minimum absolute atomic E-state index is 0.664. The third-order valence-corrected chi connectivity index (χ3v) is 3.28. The van der Waals surface area contributed by atoms with Gasteiger partial charge >= 0.3 is 0 Å². The van der Waals surface area contributed by atoms with E-state index in [0.717, 1.165) is 25.5 Å². The van der Waals surface area contributed by atoms with Crippen LogP contribution in [0.5, 0.6) is 0 Å². The van der Waals surface area contributed by atoms with Crippen LogP contribution in [0.4, 0.5) is 0 Å². The molecular weight excluding hydrogens is 202 g/mol. The number of aromatic nitrogens is 3. The molecule has 0 bridgehead atoms. The summed E-state index contributed by atoms with van der Waals surface area (Å²) < 4.78 is 1.86. The van der Waals surface area contributed by atoms with Gasteiger partial charge in [0.15, 0.2) is 0 Å². The zero-order valence-corrected chi connectivity index (χ0v) is 10.2. The van der Waals surface area contributed by atoms with Gasteiger partial charge in [0.05, 0.1) is 6.54 Å². The molecule has 90 valence electrons. The van der Waals surface area contributed by atoms with Crippen LogP contribution >= 0.6 is 0 Å². The number of nitrogens with zero attached hydrogens (tertiary/aromatic N) is 4. The summed E-state index contributed by atoms with van der Waals surface area (Å²) in [5.41, 5.74) is 0. The molecule has 1 aromatic rings. The maximum atomic E-state index is 4.28. The second kappa shape index (κ2) is 5.41. The third kappa shape index (κ3) is 2.59. The highest BCUT2D eigenvalue weighted by atomic mass is 15.3. The minimum Gasteiger partial charge on any atom is -0.315 e. The Kier molecular flexibility index (Phi) is 3.90. The average Bonchev–Trinajstić information content (AvgIpc) is 2.87. The van der Waals surface area contributed by atoms with Crippen molar-refractivity contribution < 1.29 is 0 Å². The molecule has 1 saturated heterocycles. The van der Waals surface area contributed by atoms with E-state index in [2.05, 4.69) is 27.2 Å². The van der Waals surface area contributed by atoms with Crippen molar-refractivity contribution >= 4 is 0 Å². The van der Waals surface area contributed by atoms with E-state index in [0.29, 0.717) is 6.04 Å². The zero-order chi connectivity index (χ0) is 11.4. The van der Waals surface area contributed by atoms with Gasteiger partial charge in [0.1, 0.15) is 12.2 Å². The summed E-state index contributed by atoms with van der Waals surface area (Å²) in [6.07, 6.45) is 4.23. The number of hydrogen-bond donors (Lipinski definition) is 1. The highest BCUT2D eigenvalue weighted by Gasteiger charge is 2.24. The molecule has 1 unspecified atom stereocenters. The van der Waals surface area contributed by atoms with Crippen molar-refractivity contribution in [2.45, 2.75) is 32.4 Å². The smallest absolute Gasteiger partial charge is 0.140 e. The number of likely N-dealkylation sites (N-methyl/N-ethyl adjacent to an activating group) is 1. The first-order valence-corrected chi connectivity index (χ1v) is 6.09. The Morgan fingerprint density at radius 1 is 1.56 bits per heavy atom. The monoisotopic (exact) mass is 223 g/mol. The van der Waals surface area contributed by atoms with Crippen molar-refractivity contribution in [3.8, 4) is 0 Å². The molecule has 1 N–H and O–H groups in total. The van der Waals surface area contributed by atoms with Crippen LogP contribution in [0.15, 0.2) is 6.33 Å². The first-order valence-electron chi connectivity index (χ1n) is 6.09. The predicted octanol–water partition coefficient (Wildman–Crippen LogP) is 0.389. The Balaban J connectivity index is 1.91. The second-order valence-corrected chi connectivity index (χ2v) is 4.37. The fraction of sp³-hybridized carbons (Fsp3) is 0.818. The molecule has 16 heavy (non-hydrogen) atoms. The number of hydrogen-bond acceptors (Lipinski definition) is 4. The quantitative estimate of drug-likeness (QED) is 0.784. The molecule has 1 fully saturated rings. The Labute approximate surface area is 96.8 Å². The van der Waals surface area contributed by atoms with Crippen LogP contribution in [0.1, 0.15) is 25.6 Å². The molecule has 1 aromatic heterocycles. The normalized spacial score (nSPS) is 21.8. The van der Waals surface area contributed by atoms with Gasteiger partial charge in [0.2, 0.25) is 0 Å². The van der Waals surface area contributed by atoms with Crippen LogP contribution in [-0.2, 0) is 13.6 Å². The van der Waals surface area contributed by atoms with Gasteiger partial charge in [0, 0.05) is 19.6 Å². The maximum absolute atomic E-state index is 4.28. The molecule has 5 nitrogen and oxygen atoms in total. The largest absolute Gasteiger partial charge is 0.315 e. The molecule has 0 saturated carbocycles. The Bertz CT molecular complexity index is 322. The Hall–Kier alpha value is -0.940. The molecule has 1 atom stereocenters. The molecule has 2 heterocycles. The molecule has 5 heteroatoms. The van der Waals surface area contributed by atoms with Gasteiger partial charge in [-0.1, -0.05) is 6.92 Å². The molecular formula is C11H21N5. The predicted molar refractivity (Wildman–Crippen MR) is 63.0 cm³/mol. The van der Waals surface area contributed by atoms with E-state index in [9.17, 15) is 0 Å². The van der Waals surface area contributed by atoms with Gasteiger partial charge in [0.25, 0.3) is 0 Å². The van der Waals surface area contributed by atoms with Gasteiger partial charge in [-0.15, -0.1) is 0 Å². The maximum Gasteiger partial charge on any atom is 0.140 e. The summed E-state index contributed by atoms with van der Waals surface area (Å²) in [6, 6.07) is 0.664. The molecule has 0 spiro atoms. The van der Waals surface area contributed by atoms with Gasteiger partial charge in [-0.2, -0.15) is 5.10 Å².